The van der Waals surface area contributed by atoms with E-state index in [0.29, 0.717) is 6.61 Å². The van der Waals surface area contributed by atoms with Crippen LogP contribution in [0.15, 0.2) is 48.5 Å². The summed E-state index contributed by atoms with van der Waals surface area (Å²) >= 11 is 0. The maximum Gasteiger partial charge on any atom is 0.508 e. The van der Waals surface area contributed by atoms with Gasteiger partial charge in [-0.25, -0.2) is 4.79 Å². The highest BCUT2D eigenvalue weighted by Crippen LogP contribution is 2.63. The maximum atomic E-state index is 12.7. The molecule has 3 heteroatoms. The van der Waals surface area contributed by atoms with E-state index in [1.54, 1.807) is 0 Å². The largest absolute Gasteiger partial charge is 0.508 e. The number of ether oxygens (including phenoxy) is 2. The second-order valence-corrected chi connectivity index (χ2v) is 10.3. The Labute approximate surface area is 174 Å². The molecular weight excluding hydrogens is 360 g/mol. The van der Waals surface area contributed by atoms with Crippen LogP contribution in [0, 0.1) is 5.92 Å². The van der Waals surface area contributed by atoms with E-state index < -0.39 is 6.16 Å². The predicted octanol–water partition coefficient (Wildman–Crippen LogP) is 6.12. The third-order valence-corrected chi connectivity index (χ3v) is 6.81. The van der Waals surface area contributed by atoms with Crippen molar-refractivity contribution in [1.29, 1.82) is 0 Å². The zero-order valence-electron chi connectivity index (χ0n) is 18.4. The van der Waals surface area contributed by atoms with E-state index >= 15 is 0 Å². The molecule has 0 saturated heterocycles. The lowest BCUT2D eigenvalue weighted by Crippen LogP contribution is -2.46. The van der Waals surface area contributed by atoms with Crippen molar-refractivity contribution in [1.82, 2.24) is 0 Å². The molecule has 3 nitrogen and oxygen atoms in total. The molecule has 0 radical (unpaired) electrons. The van der Waals surface area contributed by atoms with Crippen molar-refractivity contribution in [3.63, 3.8) is 0 Å². The Morgan fingerprint density at radius 3 is 2.03 bits per heavy atom. The average molecular weight is 393 g/mol. The normalized spacial score (nSPS) is 25.7. The quantitative estimate of drug-likeness (QED) is 0.590. The van der Waals surface area contributed by atoms with Crippen molar-refractivity contribution in [3.8, 4) is 0 Å². The van der Waals surface area contributed by atoms with Crippen LogP contribution < -0.4 is 0 Å². The number of carbonyl (C=O) groups is 1. The highest BCUT2D eigenvalue weighted by Gasteiger charge is 2.64. The molecule has 0 N–H and O–H groups in total. The molecule has 0 fully saturated rings. The molecule has 2 aromatic carbocycles. The van der Waals surface area contributed by atoms with Crippen LogP contribution in [0.25, 0.3) is 0 Å². The number of rotatable bonds is 3. The first kappa shape index (κ1) is 20.0. The fourth-order valence-corrected chi connectivity index (χ4v) is 5.77. The summed E-state index contributed by atoms with van der Waals surface area (Å²) in [6, 6.07) is 17.3. The highest BCUT2D eigenvalue weighted by atomic mass is 16.7. The summed E-state index contributed by atoms with van der Waals surface area (Å²) in [7, 11) is 0. The monoisotopic (exact) mass is 392 g/mol. The molecule has 0 heterocycles. The topological polar surface area (TPSA) is 35.5 Å². The van der Waals surface area contributed by atoms with Crippen LogP contribution in [0.2, 0.25) is 0 Å². The van der Waals surface area contributed by atoms with Gasteiger partial charge in [0.05, 0.1) is 12.0 Å². The van der Waals surface area contributed by atoms with Crippen molar-refractivity contribution < 1.29 is 14.3 Å². The van der Waals surface area contributed by atoms with Crippen LogP contribution in [0.3, 0.4) is 0 Å². The van der Waals surface area contributed by atoms with Crippen LogP contribution in [0.1, 0.15) is 70.2 Å². The fraction of sp³-hybridized carbons (Fsp3) is 0.500. The number of carbonyl (C=O) groups excluding carboxylic acids is 1. The third kappa shape index (κ3) is 2.89. The van der Waals surface area contributed by atoms with E-state index in [0.717, 1.165) is 6.42 Å². The molecule has 154 valence electrons. The van der Waals surface area contributed by atoms with Crippen LogP contribution >= 0.6 is 0 Å². The summed E-state index contributed by atoms with van der Waals surface area (Å²) in [5.41, 5.74) is 4.48. The lowest BCUT2D eigenvalue weighted by atomic mass is 9.70. The first-order valence-corrected chi connectivity index (χ1v) is 10.6. The van der Waals surface area contributed by atoms with Gasteiger partial charge < -0.3 is 9.47 Å². The average Bonchev–Trinajstić information content (AvgIpc) is 3.02. The molecule has 2 aromatic rings. The molecule has 4 rings (SSSR count). The Morgan fingerprint density at radius 1 is 0.931 bits per heavy atom. The van der Waals surface area contributed by atoms with Gasteiger partial charge in [-0.3, -0.25) is 0 Å². The number of hydrogen-bond acceptors (Lipinski definition) is 3. The Bertz CT molecular complexity index is 927. The molecule has 2 aliphatic rings. The SMILES string of the molecule is CC(C)COC(=O)OC1C(C)(C)c2ccccc2C12CC(C)(C)c1ccccc12. The molecule has 2 aliphatic carbocycles. The van der Waals surface area contributed by atoms with Gasteiger partial charge >= 0.3 is 6.16 Å². The number of hydrogen-bond donors (Lipinski definition) is 0. The van der Waals surface area contributed by atoms with Crippen molar-refractivity contribution >= 4 is 6.16 Å². The third-order valence-electron chi connectivity index (χ3n) is 6.81. The smallest absolute Gasteiger partial charge is 0.434 e. The maximum absolute atomic E-state index is 12.7. The first-order chi connectivity index (χ1) is 13.6. The van der Waals surface area contributed by atoms with Gasteiger partial charge in [0.1, 0.15) is 6.10 Å². The fourth-order valence-electron chi connectivity index (χ4n) is 5.77. The van der Waals surface area contributed by atoms with Crippen molar-refractivity contribution in [2.24, 2.45) is 5.92 Å². The zero-order chi connectivity index (χ0) is 21.0. The van der Waals surface area contributed by atoms with Crippen LogP contribution in [0.4, 0.5) is 4.79 Å². The van der Waals surface area contributed by atoms with Crippen molar-refractivity contribution in [2.45, 2.75) is 70.3 Å². The van der Waals surface area contributed by atoms with Crippen molar-refractivity contribution in [2.75, 3.05) is 6.61 Å². The molecule has 0 aliphatic heterocycles. The number of fused-ring (bicyclic) bond motifs is 4. The van der Waals surface area contributed by atoms with Gasteiger partial charge in [-0.2, -0.15) is 0 Å². The first-order valence-electron chi connectivity index (χ1n) is 10.6. The molecule has 2 atom stereocenters. The van der Waals surface area contributed by atoms with Crippen LogP contribution in [-0.2, 0) is 25.7 Å². The lowest BCUT2D eigenvalue weighted by molar-refractivity contribution is -0.0255. The van der Waals surface area contributed by atoms with E-state index in [9.17, 15) is 4.79 Å². The Kier molecular flexibility index (Phi) is 4.56. The molecule has 0 saturated carbocycles. The van der Waals surface area contributed by atoms with Gasteiger partial charge in [0, 0.05) is 5.41 Å². The summed E-state index contributed by atoms with van der Waals surface area (Å²) in [5, 5.41) is 0. The van der Waals surface area contributed by atoms with Gasteiger partial charge in [0.2, 0.25) is 0 Å². The molecular formula is C26H32O3. The predicted molar refractivity (Wildman–Crippen MR) is 115 cm³/mol. The van der Waals surface area contributed by atoms with Gasteiger partial charge in [-0.1, -0.05) is 90.1 Å². The minimum absolute atomic E-state index is 0.00638. The molecule has 29 heavy (non-hydrogen) atoms. The Morgan fingerprint density at radius 2 is 1.45 bits per heavy atom. The molecule has 1 spiro atoms. The van der Waals surface area contributed by atoms with Gasteiger partial charge in [0.25, 0.3) is 0 Å². The molecule has 2 unspecified atom stereocenters. The molecule has 0 aromatic heterocycles. The molecule has 0 amide bonds. The standard InChI is InChI=1S/C26H32O3/c1-17(2)15-28-23(27)29-22-25(5,6)19-12-8-10-14-21(19)26(22)16-24(3,4)18-11-7-9-13-20(18)26/h7-14,17,22H,15-16H2,1-6H3. The Hall–Kier alpha value is -2.29. The lowest BCUT2D eigenvalue weighted by Gasteiger charge is -2.39. The van der Waals surface area contributed by atoms with E-state index in [2.05, 4.69) is 76.2 Å². The summed E-state index contributed by atoms with van der Waals surface area (Å²) in [6.07, 6.45) is 0.0168. The second-order valence-electron chi connectivity index (χ2n) is 10.3. The van der Waals surface area contributed by atoms with E-state index in [1.165, 1.54) is 22.3 Å². The second kappa shape index (κ2) is 6.62. The van der Waals surface area contributed by atoms with Crippen LogP contribution in [0.5, 0.6) is 0 Å². The van der Waals surface area contributed by atoms with Crippen molar-refractivity contribution in [3.05, 3.63) is 70.8 Å². The zero-order valence-corrected chi connectivity index (χ0v) is 18.4. The van der Waals surface area contributed by atoms with E-state index in [-0.39, 0.29) is 28.3 Å². The molecule has 0 bridgehead atoms. The summed E-state index contributed by atoms with van der Waals surface area (Å²) in [5.74, 6) is 0.274. The van der Waals surface area contributed by atoms with E-state index in [1.807, 2.05) is 13.8 Å². The van der Waals surface area contributed by atoms with Gasteiger partial charge in [-0.15, -0.1) is 0 Å². The van der Waals surface area contributed by atoms with Gasteiger partial charge in [-0.05, 0) is 40.0 Å². The summed E-state index contributed by atoms with van der Waals surface area (Å²) < 4.78 is 11.6. The Balaban J connectivity index is 1.87. The number of benzene rings is 2. The van der Waals surface area contributed by atoms with Gasteiger partial charge in [0.15, 0.2) is 0 Å². The van der Waals surface area contributed by atoms with E-state index in [4.69, 9.17) is 9.47 Å². The summed E-state index contributed by atoms with van der Waals surface area (Å²) in [4.78, 5) is 12.7. The minimum Gasteiger partial charge on any atom is -0.434 e. The summed E-state index contributed by atoms with van der Waals surface area (Å²) in [6.45, 7) is 13.4. The van der Waals surface area contributed by atoms with Crippen LogP contribution in [-0.4, -0.2) is 18.9 Å². The highest BCUT2D eigenvalue weighted by molar-refractivity contribution is 5.66. The minimum atomic E-state index is -0.564.